The van der Waals surface area contributed by atoms with Gasteiger partial charge in [0.05, 0.1) is 25.7 Å². The number of carbonyl (C=O) groups is 1. The standard InChI is InChI=1S/C16H30O3/c1-3-4-5-6-7-8-9-10-11-12-14-15(19-14)13-16(17)18-2/h14-15H,3-13H2,1-2H3. The Labute approximate surface area is 118 Å². The number of hydrogen-bond donors (Lipinski definition) is 0. The predicted molar refractivity (Wildman–Crippen MR) is 77.1 cm³/mol. The highest BCUT2D eigenvalue weighted by atomic mass is 16.6. The van der Waals surface area contributed by atoms with Crippen molar-refractivity contribution in [3.8, 4) is 0 Å². The summed E-state index contributed by atoms with van der Waals surface area (Å²) in [5, 5.41) is 0. The first-order chi connectivity index (χ1) is 9.27. The predicted octanol–water partition coefficient (Wildman–Crippen LogP) is 4.24. The largest absolute Gasteiger partial charge is 0.469 e. The number of methoxy groups -OCH3 is 1. The Morgan fingerprint density at radius 1 is 0.947 bits per heavy atom. The van der Waals surface area contributed by atoms with Crippen LogP contribution in [-0.2, 0) is 14.3 Å². The lowest BCUT2D eigenvalue weighted by molar-refractivity contribution is -0.140. The highest BCUT2D eigenvalue weighted by molar-refractivity contribution is 5.70. The highest BCUT2D eigenvalue weighted by Gasteiger charge is 2.39. The summed E-state index contributed by atoms with van der Waals surface area (Å²) in [6.45, 7) is 2.26. The number of epoxide rings is 1. The molecule has 1 fully saturated rings. The van der Waals surface area contributed by atoms with Crippen molar-refractivity contribution in [3.63, 3.8) is 0 Å². The van der Waals surface area contributed by atoms with Crippen molar-refractivity contribution in [2.75, 3.05) is 7.11 Å². The van der Waals surface area contributed by atoms with Crippen LogP contribution in [0.1, 0.15) is 77.6 Å². The third-order valence-electron chi connectivity index (χ3n) is 3.88. The Hall–Kier alpha value is -0.570. The number of hydrogen-bond acceptors (Lipinski definition) is 3. The number of unbranched alkanes of at least 4 members (excludes halogenated alkanes) is 8. The van der Waals surface area contributed by atoms with Gasteiger partial charge in [0.1, 0.15) is 0 Å². The molecule has 1 aliphatic rings. The summed E-state index contributed by atoms with van der Waals surface area (Å²) in [5.74, 6) is -0.153. The molecular formula is C16H30O3. The molecule has 1 heterocycles. The summed E-state index contributed by atoms with van der Waals surface area (Å²) < 4.78 is 10.1. The second-order valence-electron chi connectivity index (χ2n) is 5.61. The van der Waals surface area contributed by atoms with Gasteiger partial charge < -0.3 is 9.47 Å². The molecule has 0 bridgehead atoms. The molecule has 0 aliphatic carbocycles. The summed E-state index contributed by atoms with van der Waals surface area (Å²) in [5.41, 5.74) is 0. The minimum Gasteiger partial charge on any atom is -0.469 e. The molecule has 3 heteroatoms. The SMILES string of the molecule is CCCCCCCCCCCC1OC1CC(=O)OC. The number of ether oxygens (including phenoxy) is 2. The molecule has 1 rings (SSSR count). The summed E-state index contributed by atoms with van der Waals surface area (Å²) >= 11 is 0. The van der Waals surface area contributed by atoms with Crippen molar-refractivity contribution in [2.24, 2.45) is 0 Å². The number of esters is 1. The third-order valence-corrected chi connectivity index (χ3v) is 3.88. The molecule has 2 atom stereocenters. The molecule has 0 amide bonds. The molecule has 0 spiro atoms. The van der Waals surface area contributed by atoms with Crippen LogP contribution in [0.25, 0.3) is 0 Å². The average molecular weight is 270 g/mol. The summed E-state index contributed by atoms with van der Waals surface area (Å²) in [7, 11) is 1.43. The van der Waals surface area contributed by atoms with E-state index in [1.54, 1.807) is 0 Å². The molecule has 112 valence electrons. The molecule has 1 saturated heterocycles. The van der Waals surface area contributed by atoms with E-state index in [4.69, 9.17) is 4.74 Å². The number of rotatable bonds is 12. The first-order valence-corrected chi connectivity index (χ1v) is 8.00. The van der Waals surface area contributed by atoms with Gasteiger partial charge in [-0.25, -0.2) is 0 Å². The third kappa shape index (κ3) is 8.25. The molecule has 0 N–H and O–H groups in total. The highest BCUT2D eigenvalue weighted by Crippen LogP contribution is 2.30. The molecule has 19 heavy (non-hydrogen) atoms. The molecule has 0 aromatic heterocycles. The van der Waals surface area contributed by atoms with E-state index < -0.39 is 0 Å². The van der Waals surface area contributed by atoms with Crippen molar-refractivity contribution in [3.05, 3.63) is 0 Å². The fraction of sp³-hybridized carbons (Fsp3) is 0.938. The lowest BCUT2D eigenvalue weighted by atomic mass is 10.0. The van der Waals surface area contributed by atoms with Crippen LogP contribution >= 0.6 is 0 Å². The van der Waals surface area contributed by atoms with E-state index in [1.807, 2.05) is 0 Å². The second kappa shape index (κ2) is 10.2. The topological polar surface area (TPSA) is 38.8 Å². The Bertz CT molecular complexity index is 240. The van der Waals surface area contributed by atoms with E-state index in [9.17, 15) is 4.79 Å². The van der Waals surface area contributed by atoms with Crippen LogP contribution in [-0.4, -0.2) is 25.3 Å². The maximum absolute atomic E-state index is 11.0. The van der Waals surface area contributed by atoms with Gasteiger partial charge in [-0.3, -0.25) is 4.79 Å². The van der Waals surface area contributed by atoms with E-state index in [0.717, 1.165) is 6.42 Å². The van der Waals surface area contributed by atoms with Gasteiger partial charge in [-0.15, -0.1) is 0 Å². The fourth-order valence-corrected chi connectivity index (χ4v) is 2.52. The molecule has 0 radical (unpaired) electrons. The van der Waals surface area contributed by atoms with Crippen molar-refractivity contribution in [2.45, 2.75) is 89.8 Å². The van der Waals surface area contributed by atoms with Crippen LogP contribution < -0.4 is 0 Å². The van der Waals surface area contributed by atoms with E-state index in [1.165, 1.54) is 64.9 Å². The number of carbonyl (C=O) groups excluding carboxylic acids is 1. The first-order valence-electron chi connectivity index (χ1n) is 8.00. The zero-order chi connectivity index (χ0) is 13.9. The minimum atomic E-state index is -0.153. The normalized spacial score (nSPS) is 21.4. The van der Waals surface area contributed by atoms with Gasteiger partial charge >= 0.3 is 5.97 Å². The molecule has 3 nitrogen and oxygen atoms in total. The molecule has 0 saturated carbocycles. The summed E-state index contributed by atoms with van der Waals surface area (Å²) in [4.78, 5) is 11.0. The average Bonchev–Trinajstić information content (AvgIpc) is 3.15. The van der Waals surface area contributed by atoms with Gasteiger partial charge in [-0.1, -0.05) is 64.7 Å². The zero-order valence-electron chi connectivity index (χ0n) is 12.7. The quantitative estimate of drug-likeness (QED) is 0.302. The van der Waals surface area contributed by atoms with Gasteiger partial charge in [0.15, 0.2) is 0 Å². The van der Waals surface area contributed by atoms with Gasteiger partial charge in [-0.2, -0.15) is 0 Å². The molecule has 1 aliphatic heterocycles. The van der Waals surface area contributed by atoms with Gasteiger partial charge in [0.25, 0.3) is 0 Å². The Balaban J connectivity index is 1.79. The van der Waals surface area contributed by atoms with Crippen LogP contribution in [0.5, 0.6) is 0 Å². The van der Waals surface area contributed by atoms with Crippen molar-refractivity contribution < 1.29 is 14.3 Å². The Morgan fingerprint density at radius 3 is 2.11 bits per heavy atom. The van der Waals surface area contributed by atoms with E-state index in [2.05, 4.69) is 11.7 Å². The van der Waals surface area contributed by atoms with E-state index in [0.29, 0.717) is 12.5 Å². The summed E-state index contributed by atoms with van der Waals surface area (Å²) in [6, 6.07) is 0. The zero-order valence-corrected chi connectivity index (χ0v) is 12.7. The van der Waals surface area contributed by atoms with Gasteiger partial charge in [0.2, 0.25) is 0 Å². The second-order valence-corrected chi connectivity index (χ2v) is 5.61. The monoisotopic (exact) mass is 270 g/mol. The van der Waals surface area contributed by atoms with Crippen LogP contribution in [0, 0.1) is 0 Å². The van der Waals surface area contributed by atoms with Crippen LogP contribution in [0.15, 0.2) is 0 Å². The van der Waals surface area contributed by atoms with Gasteiger partial charge in [0, 0.05) is 0 Å². The van der Waals surface area contributed by atoms with Crippen molar-refractivity contribution in [1.29, 1.82) is 0 Å². The molecular weight excluding hydrogens is 240 g/mol. The lowest BCUT2D eigenvalue weighted by Gasteiger charge is -2.01. The van der Waals surface area contributed by atoms with E-state index >= 15 is 0 Å². The van der Waals surface area contributed by atoms with E-state index in [-0.39, 0.29) is 12.1 Å². The van der Waals surface area contributed by atoms with Crippen molar-refractivity contribution >= 4 is 5.97 Å². The molecule has 2 unspecified atom stereocenters. The van der Waals surface area contributed by atoms with Crippen molar-refractivity contribution in [1.82, 2.24) is 0 Å². The first kappa shape index (κ1) is 16.5. The Morgan fingerprint density at radius 2 is 1.53 bits per heavy atom. The van der Waals surface area contributed by atoms with Crippen LogP contribution in [0.2, 0.25) is 0 Å². The molecule has 0 aromatic carbocycles. The molecule has 0 aromatic rings. The maximum Gasteiger partial charge on any atom is 0.308 e. The summed E-state index contributed by atoms with van der Waals surface area (Å²) in [6.07, 6.45) is 14.2. The lowest BCUT2D eigenvalue weighted by Crippen LogP contribution is -2.06. The van der Waals surface area contributed by atoms with Crippen LogP contribution in [0.4, 0.5) is 0 Å². The smallest absolute Gasteiger partial charge is 0.308 e. The Kier molecular flexibility index (Phi) is 8.89. The maximum atomic E-state index is 11.0. The minimum absolute atomic E-state index is 0.140. The fourth-order valence-electron chi connectivity index (χ4n) is 2.52. The van der Waals surface area contributed by atoms with Crippen LogP contribution in [0.3, 0.4) is 0 Å². The van der Waals surface area contributed by atoms with Gasteiger partial charge in [-0.05, 0) is 6.42 Å².